The molecule has 0 aliphatic carbocycles. The van der Waals surface area contributed by atoms with Gasteiger partial charge in [-0.3, -0.25) is 0 Å². The zero-order chi connectivity index (χ0) is 14.5. The number of benzene rings is 1. The highest BCUT2D eigenvalue weighted by molar-refractivity contribution is 8.03. The van der Waals surface area contributed by atoms with E-state index in [9.17, 15) is 4.79 Å². The Morgan fingerprint density at radius 2 is 1.90 bits per heavy atom. The predicted octanol–water partition coefficient (Wildman–Crippen LogP) is 5.17. The van der Waals surface area contributed by atoms with Crippen LogP contribution in [0, 0.1) is 0 Å². The summed E-state index contributed by atoms with van der Waals surface area (Å²) in [5.41, 5.74) is 0. The van der Waals surface area contributed by atoms with E-state index in [1.165, 1.54) is 17.8 Å². The second kappa shape index (κ2) is 7.31. The number of carboxylic acids is 1. The summed E-state index contributed by atoms with van der Waals surface area (Å²) in [4.78, 5) is 11.6. The standard InChI is InChI=1S/C13H10Cl2O3S2/c14-8-1-2-9(15)11(7-8)19-5-6-20-12-4-3-10(18-12)13(16)17/h1-4,7H,5-6H2,(H,16,17). The molecule has 0 spiro atoms. The summed E-state index contributed by atoms with van der Waals surface area (Å²) in [6.07, 6.45) is 0. The van der Waals surface area contributed by atoms with Gasteiger partial charge in [0.15, 0.2) is 5.09 Å². The second-order valence-electron chi connectivity index (χ2n) is 3.70. The summed E-state index contributed by atoms with van der Waals surface area (Å²) in [5, 5.41) is 10.7. The zero-order valence-electron chi connectivity index (χ0n) is 10.1. The van der Waals surface area contributed by atoms with Gasteiger partial charge in [-0.05, 0) is 30.3 Å². The first-order chi connectivity index (χ1) is 9.56. The molecule has 106 valence electrons. The van der Waals surface area contributed by atoms with E-state index >= 15 is 0 Å². The second-order valence-corrected chi connectivity index (χ2v) is 6.78. The van der Waals surface area contributed by atoms with Crippen LogP contribution in [0.5, 0.6) is 0 Å². The van der Waals surface area contributed by atoms with Gasteiger partial charge in [0.2, 0.25) is 5.76 Å². The number of rotatable bonds is 6. The van der Waals surface area contributed by atoms with Gasteiger partial charge in [0, 0.05) is 21.4 Å². The molecular weight excluding hydrogens is 339 g/mol. The summed E-state index contributed by atoms with van der Waals surface area (Å²) >= 11 is 15.0. The highest BCUT2D eigenvalue weighted by Crippen LogP contribution is 2.31. The first kappa shape index (κ1) is 15.6. The Kier molecular flexibility index (Phi) is 5.72. The maximum atomic E-state index is 10.7. The minimum atomic E-state index is -1.06. The van der Waals surface area contributed by atoms with Gasteiger partial charge in [0.25, 0.3) is 0 Å². The Bertz CT molecular complexity index is 613. The molecule has 1 aromatic heterocycles. The van der Waals surface area contributed by atoms with Crippen molar-refractivity contribution in [1.29, 1.82) is 0 Å². The van der Waals surface area contributed by atoms with Crippen LogP contribution in [0.25, 0.3) is 0 Å². The first-order valence-electron chi connectivity index (χ1n) is 5.60. The van der Waals surface area contributed by atoms with Crippen LogP contribution in [-0.4, -0.2) is 22.6 Å². The molecule has 20 heavy (non-hydrogen) atoms. The van der Waals surface area contributed by atoms with Gasteiger partial charge in [-0.1, -0.05) is 35.0 Å². The highest BCUT2D eigenvalue weighted by atomic mass is 35.5. The van der Waals surface area contributed by atoms with Gasteiger partial charge in [-0.25, -0.2) is 4.79 Å². The Hall–Kier alpha value is -0.750. The lowest BCUT2D eigenvalue weighted by Gasteiger charge is -2.04. The fraction of sp³-hybridized carbons (Fsp3) is 0.154. The molecule has 1 N–H and O–H groups in total. The SMILES string of the molecule is O=C(O)c1ccc(SCCSc2cc(Cl)ccc2Cl)o1. The maximum Gasteiger partial charge on any atom is 0.371 e. The van der Waals surface area contributed by atoms with Crippen LogP contribution in [-0.2, 0) is 0 Å². The third kappa shape index (κ3) is 4.38. The molecule has 0 fully saturated rings. The van der Waals surface area contributed by atoms with Gasteiger partial charge < -0.3 is 9.52 Å². The normalized spacial score (nSPS) is 10.7. The summed E-state index contributed by atoms with van der Waals surface area (Å²) < 4.78 is 5.15. The molecule has 3 nitrogen and oxygen atoms in total. The monoisotopic (exact) mass is 348 g/mol. The summed E-state index contributed by atoms with van der Waals surface area (Å²) in [6, 6.07) is 8.45. The lowest BCUT2D eigenvalue weighted by Crippen LogP contribution is -1.91. The number of hydrogen-bond donors (Lipinski definition) is 1. The van der Waals surface area contributed by atoms with Crippen molar-refractivity contribution < 1.29 is 14.3 Å². The van der Waals surface area contributed by atoms with Gasteiger partial charge in [0.1, 0.15) is 0 Å². The number of aromatic carboxylic acids is 1. The Balaban J connectivity index is 1.81. The van der Waals surface area contributed by atoms with E-state index in [0.717, 1.165) is 16.4 Å². The lowest BCUT2D eigenvalue weighted by molar-refractivity contribution is 0.0656. The van der Waals surface area contributed by atoms with Crippen LogP contribution in [0.4, 0.5) is 0 Å². The number of carboxylic acid groups (broad SMARTS) is 1. The minimum Gasteiger partial charge on any atom is -0.475 e. The number of thioether (sulfide) groups is 2. The molecule has 7 heteroatoms. The molecule has 0 unspecified atom stereocenters. The summed E-state index contributed by atoms with van der Waals surface area (Å²) in [7, 11) is 0. The molecule has 0 atom stereocenters. The molecule has 0 bridgehead atoms. The molecule has 1 aromatic carbocycles. The largest absolute Gasteiger partial charge is 0.475 e. The molecule has 2 aromatic rings. The number of carbonyl (C=O) groups is 1. The Morgan fingerprint density at radius 1 is 1.15 bits per heavy atom. The van der Waals surface area contributed by atoms with E-state index in [-0.39, 0.29) is 5.76 Å². The number of hydrogen-bond acceptors (Lipinski definition) is 4. The van der Waals surface area contributed by atoms with Gasteiger partial charge in [-0.15, -0.1) is 11.8 Å². The van der Waals surface area contributed by atoms with Crippen molar-refractivity contribution in [2.45, 2.75) is 9.99 Å². The van der Waals surface area contributed by atoms with Crippen LogP contribution >= 0.6 is 46.7 Å². The fourth-order valence-electron chi connectivity index (χ4n) is 1.39. The average molecular weight is 349 g/mol. The average Bonchev–Trinajstić information content (AvgIpc) is 2.87. The van der Waals surface area contributed by atoms with E-state index in [0.29, 0.717) is 15.1 Å². The molecule has 2 rings (SSSR count). The first-order valence-corrected chi connectivity index (χ1v) is 8.33. The Morgan fingerprint density at radius 3 is 2.60 bits per heavy atom. The van der Waals surface area contributed by atoms with Crippen LogP contribution in [0.15, 0.2) is 44.7 Å². The summed E-state index contributed by atoms with van der Waals surface area (Å²) in [5.74, 6) is 0.489. The van der Waals surface area contributed by atoms with Crippen molar-refractivity contribution >= 4 is 52.7 Å². The van der Waals surface area contributed by atoms with E-state index in [1.807, 2.05) is 6.07 Å². The van der Waals surface area contributed by atoms with Crippen molar-refractivity contribution in [1.82, 2.24) is 0 Å². The maximum absolute atomic E-state index is 10.7. The molecule has 0 aliphatic rings. The van der Waals surface area contributed by atoms with Crippen LogP contribution in [0.3, 0.4) is 0 Å². The van der Waals surface area contributed by atoms with Crippen LogP contribution in [0.2, 0.25) is 10.0 Å². The topological polar surface area (TPSA) is 50.4 Å². The third-order valence-corrected chi connectivity index (χ3v) is 5.17. The molecule has 0 saturated carbocycles. The van der Waals surface area contributed by atoms with E-state index in [2.05, 4.69) is 0 Å². The smallest absolute Gasteiger partial charge is 0.371 e. The van der Waals surface area contributed by atoms with Gasteiger partial charge in [0.05, 0.1) is 5.02 Å². The third-order valence-electron chi connectivity index (χ3n) is 2.27. The Labute approximate surface area is 134 Å². The quantitative estimate of drug-likeness (QED) is 0.576. The molecule has 1 heterocycles. The molecule has 0 amide bonds. The predicted molar refractivity (Wildman–Crippen MR) is 83.6 cm³/mol. The number of furan rings is 1. The molecule has 0 aliphatic heterocycles. The van der Waals surface area contributed by atoms with Gasteiger partial charge >= 0.3 is 5.97 Å². The van der Waals surface area contributed by atoms with Crippen molar-refractivity contribution in [3.8, 4) is 0 Å². The zero-order valence-corrected chi connectivity index (χ0v) is 13.3. The van der Waals surface area contributed by atoms with Gasteiger partial charge in [-0.2, -0.15) is 0 Å². The van der Waals surface area contributed by atoms with Crippen molar-refractivity contribution in [3.05, 3.63) is 46.1 Å². The fourth-order valence-corrected chi connectivity index (χ4v) is 3.73. The summed E-state index contributed by atoms with van der Waals surface area (Å²) in [6.45, 7) is 0. The molecule has 0 radical (unpaired) electrons. The molecule has 0 saturated heterocycles. The van der Waals surface area contributed by atoms with E-state index in [1.54, 1.807) is 30.0 Å². The highest BCUT2D eigenvalue weighted by Gasteiger charge is 2.09. The van der Waals surface area contributed by atoms with Crippen LogP contribution < -0.4 is 0 Å². The van der Waals surface area contributed by atoms with Crippen LogP contribution in [0.1, 0.15) is 10.6 Å². The van der Waals surface area contributed by atoms with E-state index in [4.69, 9.17) is 32.7 Å². The molecular formula is C13H10Cl2O3S2. The van der Waals surface area contributed by atoms with Crippen molar-refractivity contribution in [2.24, 2.45) is 0 Å². The minimum absolute atomic E-state index is 0.0435. The number of halogens is 2. The van der Waals surface area contributed by atoms with Crippen molar-refractivity contribution in [3.63, 3.8) is 0 Å². The van der Waals surface area contributed by atoms with E-state index < -0.39 is 5.97 Å². The van der Waals surface area contributed by atoms with Crippen molar-refractivity contribution in [2.75, 3.05) is 11.5 Å². The lowest BCUT2D eigenvalue weighted by atomic mass is 10.4.